The maximum Gasteiger partial charge on any atom is 0.342 e. The van der Waals surface area contributed by atoms with Crippen LogP contribution < -0.4 is 0 Å². The van der Waals surface area contributed by atoms with Gasteiger partial charge in [-0.25, -0.2) is 4.79 Å². The van der Waals surface area contributed by atoms with E-state index in [1.165, 1.54) is 19.1 Å². The third-order valence-corrected chi connectivity index (χ3v) is 3.62. The van der Waals surface area contributed by atoms with Crippen LogP contribution in [0, 0.1) is 6.92 Å². The molecule has 1 amide bonds. The standard InChI is InChI=1S/C15H19NO5/c1-9-5-6-11(13(18)12(9)17)15(20)21-10(2)14(19)16-7-3-4-8-16/h5-6,10,17-18H,3-4,7-8H2,1-2H3. The van der Waals surface area contributed by atoms with Crippen molar-refractivity contribution in [3.63, 3.8) is 0 Å². The normalized spacial score (nSPS) is 15.8. The van der Waals surface area contributed by atoms with Crippen molar-refractivity contribution >= 4 is 11.9 Å². The van der Waals surface area contributed by atoms with Gasteiger partial charge in [0.25, 0.3) is 5.91 Å². The van der Waals surface area contributed by atoms with E-state index in [1.807, 2.05) is 0 Å². The summed E-state index contributed by atoms with van der Waals surface area (Å²) in [6.45, 7) is 4.46. The highest BCUT2D eigenvalue weighted by atomic mass is 16.5. The van der Waals surface area contributed by atoms with Crippen molar-refractivity contribution in [2.75, 3.05) is 13.1 Å². The van der Waals surface area contributed by atoms with Crippen molar-refractivity contribution in [2.24, 2.45) is 0 Å². The lowest BCUT2D eigenvalue weighted by atomic mass is 10.1. The highest BCUT2D eigenvalue weighted by Crippen LogP contribution is 2.32. The molecule has 0 saturated carbocycles. The minimum absolute atomic E-state index is 0.154. The van der Waals surface area contributed by atoms with E-state index in [0.29, 0.717) is 18.7 Å². The lowest BCUT2D eigenvalue weighted by Crippen LogP contribution is -2.38. The van der Waals surface area contributed by atoms with Crippen molar-refractivity contribution in [1.82, 2.24) is 4.90 Å². The van der Waals surface area contributed by atoms with Crippen molar-refractivity contribution in [2.45, 2.75) is 32.8 Å². The van der Waals surface area contributed by atoms with Gasteiger partial charge in [0.1, 0.15) is 5.56 Å². The van der Waals surface area contributed by atoms with Crippen LogP contribution in [0.1, 0.15) is 35.7 Å². The Kier molecular flexibility index (Phi) is 4.35. The summed E-state index contributed by atoms with van der Waals surface area (Å²) in [6, 6.07) is 2.86. The fourth-order valence-corrected chi connectivity index (χ4v) is 2.31. The molecule has 1 unspecified atom stereocenters. The van der Waals surface area contributed by atoms with Crippen LogP contribution in [0.3, 0.4) is 0 Å². The summed E-state index contributed by atoms with van der Waals surface area (Å²) in [7, 11) is 0. The highest BCUT2D eigenvalue weighted by Gasteiger charge is 2.27. The van der Waals surface area contributed by atoms with Gasteiger partial charge in [0.15, 0.2) is 17.6 Å². The number of esters is 1. The summed E-state index contributed by atoms with van der Waals surface area (Å²) < 4.78 is 5.09. The summed E-state index contributed by atoms with van der Waals surface area (Å²) in [5.41, 5.74) is 0.296. The van der Waals surface area contributed by atoms with Gasteiger partial charge in [0, 0.05) is 13.1 Å². The molecule has 0 bridgehead atoms. The second-order valence-electron chi connectivity index (χ2n) is 5.21. The number of ether oxygens (including phenoxy) is 1. The van der Waals surface area contributed by atoms with Crippen LogP contribution in [-0.4, -0.2) is 46.2 Å². The molecule has 6 nitrogen and oxygen atoms in total. The minimum atomic E-state index is -0.918. The molecule has 1 saturated heterocycles. The van der Waals surface area contributed by atoms with E-state index in [0.717, 1.165) is 12.8 Å². The smallest absolute Gasteiger partial charge is 0.342 e. The Balaban J connectivity index is 2.07. The molecule has 1 fully saturated rings. The quantitative estimate of drug-likeness (QED) is 0.652. The number of carbonyl (C=O) groups excluding carboxylic acids is 2. The molecule has 1 aliphatic heterocycles. The molecule has 1 aromatic carbocycles. The van der Waals surface area contributed by atoms with Gasteiger partial charge < -0.3 is 19.8 Å². The van der Waals surface area contributed by atoms with Gasteiger partial charge in [-0.2, -0.15) is 0 Å². The van der Waals surface area contributed by atoms with Gasteiger partial charge in [0.2, 0.25) is 0 Å². The number of benzene rings is 1. The lowest BCUT2D eigenvalue weighted by molar-refractivity contribution is -0.138. The topological polar surface area (TPSA) is 87.1 Å². The SMILES string of the molecule is Cc1ccc(C(=O)OC(C)C(=O)N2CCCC2)c(O)c1O. The van der Waals surface area contributed by atoms with E-state index in [-0.39, 0.29) is 17.2 Å². The van der Waals surface area contributed by atoms with Crippen LogP contribution in [0.4, 0.5) is 0 Å². The molecule has 0 aromatic heterocycles. The van der Waals surface area contributed by atoms with Crippen LogP contribution in [0.25, 0.3) is 0 Å². The Hall–Kier alpha value is -2.24. The van der Waals surface area contributed by atoms with E-state index < -0.39 is 17.8 Å². The second-order valence-corrected chi connectivity index (χ2v) is 5.21. The maximum absolute atomic E-state index is 12.1. The molecule has 1 aromatic rings. The predicted molar refractivity (Wildman–Crippen MR) is 75.2 cm³/mol. The molecular formula is C15H19NO5. The van der Waals surface area contributed by atoms with Crippen LogP contribution in [-0.2, 0) is 9.53 Å². The van der Waals surface area contributed by atoms with Crippen molar-refractivity contribution < 1.29 is 24.5 Å². The first kappa shape index (κ1) is 15.2. The van der Waals surface area contributed by atoms with Gasteiger partial charge in [-0.3, -0.25) is 4.79 Å². The third kappa shape index (κ3) is 3.09. The minimum Gasteiger partial charge on any atom is -0.504 e. The third-order valence-electron chi connectivity index (χ3n) is 3.62. The average Bonchev–Trinajstić information content (AvgIpc) is 2.97. The van der Waals surface area contributed by atoms with Crippen LogP contribution in [0.2, 0.25) is 0 Å². The number of carbonyl (C=O) groups is 2. The number of amides is 1. The number of aryl methyl sites for hydroxylation is 1. The number of phenolic OH excluding ortho intramolecular Hbond substituents is 2. The fraction of sp³-hybridized carbons (Fsp3) is 0.467. The molecule has 6 heteroatoms. The van der Waals surface area contributed by atoms with E-state index >= 15 is 0 Å². The van der Waals surface area contributed by atoms with Crippen molar-refractivity contribution in [1.29, 1.82) is 0 Å². The highest BCUT2D eigenvalue weighted by molar-refractivity contribution is 5.95. The Morgan fingerprint density at radius 2 is 1.81 bits per heavy atom. The maximum atomic E-state index is 12.1. The molecule has 1 atom stereocenters. The Labute approximate surface area is 122 Å². The first-order valence-corrected chi connectivity index (χ1v) is 6.93. The molecule has 114 valence electrons. The largest absolute Gasteiger partial charge is 0.504 e. The molecule has 2 N–H and O–H groups in total. The number of rotatable bonds is 3. The molecule has 2 rings (SSSR count). The van der Waals surface area contributed by atoms with Gasteiger partial charge in [-0.1, -0.05) is 6.07 Å². The lowest BCUT2D eigenvalue weighted by Gasteiger charge is -2.20. The van der Waals surface area contributed by atoms with Crippen LogP contribution in [0.15, 0.2) is 12.1 Å². The van der Waals surface area contributed by atoms with Gasteiger partial charge in [-0.05, 0) is 38.3 Å². The van der Waals surface area contributed by atoms with E-state index in [9.17, 15) is 19.8 Å². The summed E-state index contributed by atoms with van der Waals surface area (Å²) in [6.07, 6.45) is 0.997. The van der Waals surface area contributed by atoms with Crippen molar-refractivity contribution in [3.05, 3.63) is 23.3 Å². The first-order chi connectivity index (χ1) is 9.91. The zero-order chi connectivity index (χ0) is 15.6. The number of phenols is 2. The van der Waals surface area contributed by atoms with Crippen molar-refractivity contribution in [3.8, 4) is 11.5 Å². The van der Waals surface area contributed by atoms with Crippen LogP contribution in [0.5, 0.6) is 11.5 Å². The first-order valence-electron chi connectivity index (χ1n) is 6.93. The zero-order valence-corrected chi connectivity index (χ0v) is 12.1. The van der Waals surface area contributed by atoms with Crippen LogP contribution >= 0.6 is 0 Å². The Bertz CT molecular complexity index is 563. The van der Waals surface area contributed by atoms with Gasteiger partial charge >= 0.3 is 5.97 Å². The average molecular weight is 293 g/mol. The summed E-state index contributed by atoms with van der Waals surface area (Å²) in [4.78, 5) is 25.7. The number of hydrogen-bond donors (Lipinski definition) is 2. The summed E-state index contributed by atoms with van der Waals surface area (Å²) >= 11 is 0. The molecular weight excluding hydrogens is 274 g/mol. The molecule has 0 radical (unpaired) electrons. The molecule has 1 heterocycles. The molecule has 21 heavy (non-hydrogen) atoms. The monoisotopic (exact) mass is 293 g/mol. The van der Waals surface area contributed by atoms with Gasteiger partial charge in [0.05, 0.1) is 0 Å². The number of hydrogen-bond acceptors (Lipinski definition) is 5. The summed E-state index contributed by atoms with van der Waals surface area (Å²) in [5.74, 6) is -1.96. The Morgan fingerprint density at radius 3 is 2.43 bits per heavy atom. The molecule has 1 aliphatic rings. The fourth-order valence-electron chi connectivity index (χ4n) is 2.31. The number of aromatic hydroxyl groups is 2. The molecule has 0 aliphatic carbocycles. The zero-order valence-electron chi connectivity index (χ0n) is 12.1. The molecule has 0 spiro atoms. The number of nitrogens with zero attached hydrogens (tertiary/aromatic N) is 1. The van der Waals surface area contributed by atoms with Gasteiger partial charge in [-0.15, -0.1) is 0 Å². The second kappa shape index (κ2) is 6.03. The van der Waals surface area contributed by atoms with E-state index in [1.54, 1.807) is 11.8 Å². The van der Waals surface area contributed by atoms with E-state index in [2.05, 4.69) is 0 Å². The predicted octanol–water partition coefficient (Wildman–Crippen LogP) is 1.57. The summed E-state index contributed by atoms with van der Waals surface area (Å²) in [5, 5.41) is 19.4. The Morgan fingerprint density at radius 1 is 1.19 bits per heavy atom. The van der Waals surface area contributed by atoms with E-state index in [4.69, 9.17) is 4.74 Å². The number of likely N-dealkylation sites (tertiary alicyclic amines) is 1.